The van der Waals surface area contributed by atoms with E-state index in [1.807, 2.05) is 0 Å². The van der Waals surface area contributed by atoms with Crippen molar-refractivity contribution in [1.82, 2.24) is 9.80 Å². The summed E-state index contributed by atoms with van der Waals surface area (Å²) >= 11 is 0. The van der Waals surface area contributed by atoms with Gasteiger partial charge >= 0.3 is 77.0 Å². The number of carbonyl (C=O) groups is 4. The minimum atomic E-state index is -1.35. The maximum Gasteiger partial charge on any atom is 1.00 e. The van der Waals surface area contributed by atoms with Gasteiger partial charge in [-0.2, -0.15) is 0 Å². The number of hydrogen-bond donors (Lipinski definition) is 4. The van der Waals surface area contributed by atoms with Crippen LogP contribution in [0.25, 0.3) is 0 Å². The Kier molecular flexibility index (Phi) is 17.2. The number of hydrogen-bond acceptors (Lipinski definition) is 6. The number of rotatable bonds is 11. The summed E-state index contributed by atoms with van der Waals surface area (Å²) in [6.07, 6.45) is 0. The summed E-state index contributed by atoms with van der Waals surface area (Å²) in [5, 5.41) is 34.4. The molecule has 0 bridgehead atoms. The molecule has 0 saturated carbocycles. The molecule has 0 rings (SSSR count). The van der Waals surface area contributed by atoms with Crippen molar-refractivity contribution in [2.75, 3.05) is 32.7 Å². The zero-order chi connectivity index (χ0) is 15.7. The maximum absolute atomic E-state index is 10.5. The molecule has 0 aromatic rings. The minimum absolute atomic E-state index is 0. The van der Waals surface area contributed by atoms with E-state index in [4.69, 9.17) is 20.4 Å². The first kappa shape index (κ1) is 26.6. The van der Waals surface area contributed by atoms with Gasteiger partial charge in [-0.1, -0.05) is 0 Å². The van der Waals surface area contributed by atoms with Crippen LogP contribution in [-0.4, -0.2) is 86.8 Å². The average molecular weight is 337 g/mol. The number of nitrogens with zero attached hydrogens (tertiary/aromatic N) is 2. The first-order chi connectivity index (χ1) is 9.20. The van der Waals surface area contributed by atoms with Crippen LogP contribution >= 0.6 is 0 Å². The van der Waals surface area contributed by atoms with Gasteiger partial charge in [0.15, 0.2) is 5.97 Å². The molecule has 0 fully saturated rings. The predicted octanol–water partition coefficient (Wildman–Crippen LogP) is -7.90. The topological polar surface area (TPSA) is 156 Å². The summed E-state index contributed by atoms with van der Waals surface area (Å²) in [5.74, 6) is -5.09. The Morgan fingerprint density at radius 2 is 1.14 bits per heavy atom. The van der Waals surface area contributed by atoms with Crippen molar-refractivity contribution in [3.05, 3.63) is 6.54 Å². The van der Waals surface area contributed by atoms with Gasteiger partial charge in [0, 0.05) is 6.54 Å². The molecule has 0 saturated heterocycles. The van der Waals surface area contributed by atoms with Crippen LogP contribution in [0.3, 0.4) is 0 Å². The van der Waals surface area contributed by atoms with Gasteiger partial charge in [-0.25, -0.2) is 6.54 Å². The normalized spacial score (nSPS) is 9.55. The van der Waals surface area contributed by atoms with Crippen molar-refractivity contribution in [3.8, 4) is 0 Å². The molecule has 114 valence electrons. The molecule has 4 N–H and O–H groups in total. The first-order valence-corrected chi connectivity index (χ1v) is 5.40. The third kappa shape index (κ3) is 16.0. The van der Waals surface area contributed by atoms with Gasteiger partial charge in [0.05, 0.1) is 19.6 Å². The van der Waals surface area contributed by atoms with E-state index in [0.29, 0.717) is 6.54 Å². The Labute approximate surface area is 170 Å². The third-order valence-corrected chi connectivity index (χ3v) is 2.05. The molecular formula is C10H15N2Na2O8+. The molecule has 0 spiro atoms. The van der Waals surface area contributed by atoms with Crippen LogP contribution in [0.4, 0.5) is 0 Å². The zero-order valence-electron chi connectivity index (χ0n) is 12.4. The van der Waals surface area contributed by atoms with Crippen LogP contribution in [0.5, 0.6) is 0 Å². The third-order valence-electron chi connectivity index (χ3n) is 2.05. The molecule has 0 atom stereocenters. The van der Waals surface area contributed by atoms with E-state index < -0.39 is 43.5 Å². The molecule has 10 nitrogen and oxygen atoms in total. The van der Waals surface area contributed by atoms with Gasteiger partial charge in [-0.3, -0.25) is 24.1 Å². The average Bonchev–Trinajstić information content (AvgIpc) is 2.22. The number of aliphatic carboxylic acids is 4. The van der Waals surface area contributed by atoms with Crippen LogP contribution in [0.1, 0.15) is 0 Å². The van der Waals surface area contributed by atoms with Gasteiger partial charge in [-0.05, 0) is 6.54 Å². The quantitative estimate of drug-likeness (QED) is 0.211. The largest absolute Gasteiger partial charge is 1.00 e. The fraction of sp³-hybridized carbons (Fsp3) is 0.500. The molecule has 0 aliphatic rings. The maximum atomic E-state index is 10.5. The number of carboxylic acids is 4. The van der Waals surface area contributed by atoms with Crippen molar-refractivity contribution in [1.29, 1.82) is 0 Å². The second-order valence-corrected chi connectivity index (χ2v) is 3.83. The molecule has 0 aliphatic heterocycles. The van der Waals surface area contributed by atoms with E-state index in [1.165, 1.54) is 0 Å². The first-order valence-electron chi connectivity index (χ1n) is 5.40. The fourth-order valence-corrected chi connectivity index (χ4v) is 1.39. The molecule has 12 heteroatoms. The van der Waals surface area contributed by atoms with E-state index in [1.54, 1.807) is 0 Å². The van der Waals surface area contributed by atoms with Gasteiger partial charge in [0.1, 0.15) is 0 Å². The van der Waals surface area contributed by atoms with Crippen molar-refractivity contribution in [2.45, 2.75) is 0 Å². The smallest absolute Gasteiger partial charge is 0.502 e. The van der Waals surface area contributed by atoms with Crippen molar-refractivity contribution in [3.63, 3.8) is 0 Å². The standard InChI is InChI=1S/C10H15N2O8.2Na/c13-7(14)3-11(4-8(15)16)1-2-12(5-9(17)18)6-10(19)20;;/h3H,1-2,4-6H2,(H,13,14)(H,15,16)(H,17,18)(H,19,20);;/q-1;2*+1. The van der Waals surface area contributed by atoms with Gasteiger partial charge in [0.2, 0.25) is 0 Å². The Morgan fingerprint density at radius 1 is 0.727 bits per heavy atom. The van der Waals surface area contributed by atoms with Crippen LogP contribution in [0.15, 0.2) is 0 Å². The molecule has 0 amide bonds. The summed E-state index contributed by atoms with van der Waals surface area (Å²) < 4.78 is 0. The summed E-state index contributed by atoms with van der Waals surface area (Å²) in [6.45, 7) is -1.25. The van der Waals surface area contributed by atoms with Crippen LogP contribution in [-0.2, 0) is 19.2 Å². The van der Waals surface area contributed by atoms with Gasteiger partial charge in [0.25, 0.3) is 0 Å². The van der Waals surface area contributed by atoms with E-state index in [2.05, 4.69) is 0 Å². The van der Waals surface area contributed by atoms with Gasteiger partial charge in [-0.15, -0.1) is 0 Å². The minimum Gasteiger partial charge on any atom is -0.502 e. The number of carboxylic acid groups (broad SMARTS) is 4. The van der Waals surface area contributed by atoms with E-state index in [0.717, 1.165) is 9.80 Å². The van der Waals surface area contributed by atoms with Crippen molar-refractivity contribution in [2.24, 2.45) is 0 Å². The van der Waals surface area contributed by atoms with E-state index in [-0.39, 0.29) is 72.2 Å². The van der Waals surface area contributed by atoms with Crippen LogP contribution in [0, 0.1) is 6.54 Å². The summed E-state index contributed by atoms with van der Waals surface area (Å²) in [7, 11) is 0. The molecule has 0 radical (unpaired) electrons. The molecule has 22 heavy (non-hydrogen) atoms. The molecule has 0 aromatic carbocycles. The van der Waals surface area contributed by atoms with E-state index >= 15 is 0 Å². The second kappa shape index (κ2) is 14.3. The Morgan fingerprint density at radius 3 is 1.45 bits per heavy atom. The Balaban J connectivity index is -0.00000180. The second-order valence-electron chi connectivity index (χ2n) is 3.83. The molecule has 0 unspecified atom stereocenters. The SMILES string of the molecule is O=C(O)[CH-]N(CCN(CC(=O)O)CC(=O)O)CC(=O)O.[Na+].[Na+]. The fourth-order valence-electron chi connectivity index (χ4n) is 1.39. The molecule has 0 heterocycles. The van der Waals surface area contributed by atoms with Crippen LogP contribution in [0.2, 0.25) is 0 Å². The van der Waals surface area contributed by atoms with Gasteiger partial charge < -0.3 is 25.3 Å². The Hall–Kier alpha value is -0.330. The Bertz CT molecular complexity index is 325. The van der Waals surface area contributed by atoms with Crippen molar-refractivity contribution < 1.29 is 98.7 Å². The monoisotopic (exact) mass is 337 g/mol. The van der Waals surface area contributed by atoms with Crippen LogP contribution < -0.4 is 59.1 Å². The molecule has 0 aliphatic carbocycles. The molecule has 0 aromatic heterocycles. The van der Waals surface area contributed by atoms with Crippen molar-refractivity contribution >= 4 is 23.9 Å². The summed E-state index contributed by atoms with van der Waals surface area (Å²) in [6, 6.07) is 0. The van der Waals surface area contributed by atoms with E-state index in [9.17, 15) is 19.2 Å². The zero-order valence-corrected chi connectivity index (χ0v) is 16.4. The summed E-state index contributed by atoms with van der Waals surface area (Å²) in [4.78, 5) is 44.1. The summed E-state index contributed by atoms with van der Waals surface area (Å²) in [5.41, 5.74) is 0. The predicted molar refractivity (Wildman–Crippen MR) is 62.9 cm³/mol. The molecular weight excluding hydrogens is 322 g/mol.